The fourth-order valence-corrected chi connectivity index (χ4v) is 3.27. The second-order valence-electron chi connectivity index (χ2n) is 6.49. The molecule has 2 aromatic rings. The maximum atomic E-state index is 12.3. The van der Waals surface area contributed by atoms with E-state index in [1.54, 1.807) is 30.7 Å². The van der Waals surface area contributed by atoms with E-state index in [4.69, 9.17) is 0 Å². The van der Waals surface area contributed by atoms with Crippen molar-refractivity contribution in [1.29, 1.82) is 0 Å². The smallest absolute Gasteiger partial charge is 0.223 e. The molecule has 1 aromatic heterocycles. The van der Waals surface area contributed by atoms with Crippen molar-refractivity contribution in [3.8, 4) is 5.75 Å². The largest absolute Gasteiger partial charge is 0.508 e. The number of carbonyl (C=O) groups is 1. The van der Waals surface area contributed by atoms with Crippen LogP contribution in [0.25, 0.3) is 0 Å². The van der Waals surface area contributed by atoms with Crippen molar-refractivity contribution >= 4 is 11.7 Å². The van der Waals surface area contributed by atoms with Gasteiger partial charge in [0.15, 0.2) is 0 Å². The first-order valence-electron chi connectivity index (χ1n) is 8.79. The van der Waals surface area contributed by atoms with Crippen molar-refractivity contribution in [2.45, 2.75) is 38.1 Å². The molecule has 1 heterocycles. The molecule has 6 nitrogen and oxygen atoms in total. The summed E-state index contributed by atoms with van der Waals surface area (Å²) in [4.78, 5) is 20.6. The molecule has 1 aliphatic carbocycles. The van der Waals surface area contributed by atoms with Gasteiger partial charge < -0.3 is 15.7 Å². The number of amides is 1. The third-order valence-corrected chi connectivity index (χ3v) is 4.64. The molecule has 0 radical (unpaired) electrons. The topological polar surface area (TPSA) is 87.1 Å². The van der Waals surface area contributed by atoms with Crippen LogP contribution in [0, 0.1) is 5.92 Å². The van der Waals surface area contributed by atoms with Gasteiger partial charge in [0, 0.05) is 30.9 Å². The Morgan fingerprint density at radius 3 is 2.76 bits per heavy atom. The second-order valence-corrected chi connectivity index (χ2v) is 6.49. The Kier molecular flexibility index (Phi) is 5.82. The lowest BCUT2D eigenvalue weighted by Crippen LogP contribution is -2.36. The van der Waals surface area contributed by atoms with Crippen molar-refractivity contribution in [2.75, 3.05) is 11.9 Å². The molecule has 132 valence electrons. The number of benzene rings is 1. The van der Waals surface area contributed by atoms with Gasteiger partial charge in [0.1, 0.15) is 11.6 Å². The predicted octanol–water partition coefficient (Wildman–Crippen LogP) is 2.51. The van der Waals surface area contributed by atoms with Crippen molar-refractivity contribution in [3.05, 3.63) is 48.4 Å². The molecule has 0 aliphatic heterocycles. The molecule has 0 atom stereocenters. The fourth-order valence-electron chi connectivity index (χ4n) is 3.27. The number of anilines is 1. The molecule has 0 saturated heterocycles. The highest BCUT2D eigenvalue weighted by Gasteiger charge is 2.26. The number of hydrogen-bond donors (Lipinski definition) is 3. The number of phenols is 1. The number of nitrogens with zero attached hydrogens (tertiary/aromatic N) is 2. The SMILES string of the molecule is O=C(NCCc1cccc(O)c1)C1CCC(Nc2cnccn2)CC1. The van der Waals surface area contributed by atoms with E-state index in [0.29, 0.717) is 12.6 Å². The molecule has 1 aliphatic rings. The van der Waals surface area contributed by atoms with Gasteiger partial charge in [-0.25, -0.2) is 4.98 Å². The summed E-state index contributed by atoms with van der Waals surface area (Å²) in [6.45, 7) is 0.597. The normalized spacial score (nSPS) is 20.0. The fraction of sp³-hybridized carbons (Fsp3) is 0.421. The first kappa shape index (κ1) is 17.2. The average Bonchev–Trinajstić information content (AvgIpc) is 2.63. The quantitative estimate of drug-likeness (QED) is 0.752. The molecule has 3 rings (SSSR count). The first-order chi connectivity index (χ1) is 12.2. The van der Waals surface area contributed by atoms with Crippen molar-refractivity contribution in [3.63, 3.8) is 0 Å². The number of aromatic nitrogens is 2. The molecule has 1 aromatic carbocycles. The molecule has 3 N–H and O–H groups in total. The van der Waals surface area contributed by atoms with Crippen LogP contribution in [0.15, 0.2) is 42.9 Å². The predicted molar refractivity (Wildman–Crippen MR) is 96.2 cm³/mol. The van der Waals surface area contributed by atoms with Gasteiger partial charge in [-0.05, 0) is 49.8 Å². The lowest BCUT2D eigenvalue weighted by Gasteiger charge is -2.28. The molecule has 0 spiro atoms. The van der Waals surface area contributed by atoms with Gasteiger partial charge in [0.2, 0.25) is 5.91 Å². The lowest BCUT2D eigenvalue weighted by molar-refractivity contribution is -0.125. The van der Waals surface area contributed by atoms with E-state index in [-0.39, 0.29) is 17.6 Å². The van der Waals surface area contributed by atoms with E-state index in [0.717, 1.165) is 43.5 Å². The van der Waals surface area contributed by atoms with E-state index in [1.165, 1.54) is 0 Å². The van der Waals surface area contributed by atoms with Crippen LogP contribution < -0.4 is 10.6 Å². The minimum Gasteiger partial charge on any atom is -0.508 e. The zero-order valence-corrected chi connectivity index (χ0v) is 14.2. The van der Waals surface area contributed by atoms with Gasteiger partial charge in [0.05, 0.1) is 6.20 Å². The van der Waals surface area contributed by atoms with Crippen LogP contribution >= 0.6 is 0 Å². The molecule has 25 heavy (non-hydrogen) atoms. The van der Waals surface area contributed by atoms with Crippen LogP contribution in [0.5, 0.6) is 5.75 Å². The lowest BCUT2D eigenvalue weighted by atomic mass is 9.85. The van der Waals surface area contributed by atoms with Crippen LogP contribution in [-0.2, 0) is 11.2 Å². The van der Waals surface area contributed by atoms with Crippen LogP contribution in [0.2, 0.25) is 0 Å². The Labute approximate surface area is 147 Å². The monoisotopic (exact) mass is 340 g/mol. The molecule has 1 fully saturated rings. The molecule has 0 bridgehead atoms. The van der Waals surface area contributed by atoms with Crippen LogP contribution in [0.3, 0.4) is 0 Å². The summed E-state index contributed by atoms with van der Waals surface area (Å²) >= 11 is 0. The van der Waals surface area contributed by atoms with Crippen molar-refractivity contribution < 1.29 is 9.90 Å². The highest BCUT2D eigenvalue weighted by atomic mass is 16.3. The van der Waals surface area contributed by atoms with E-state index in [1.807, 2.05) is 12.1 Å². The highest BCUT2D eigenvalue weighted by molar-refractivity contribution is 5.78. The molecule has 1 saturated carbocycles. The van der Waals surface area contributed by atoms with E-state index >= 15 is 0 Å². The molecule has 1 amide bonds. The second kappa shape index (κ2) is 8.46. The maximum Gasteiger partial charge on any atom is 0.223 e. The summed E-state index contributed by atoms with van der Waals surface area (Å²) < 4.78 is 0. The standard InChI is InChI=1S/C19H24N4O2/c24-17-3-1-2-14(12-17)8-9-22-19(25)15-4-6-16(7-5-15)23-18-13-20-10-11-21-18/h1-3,10-13,15-16,24H,4-9H2,(H,21,23)(H,22,25). The number of hydrogen-bond acceptors (Lipinski definition) is 5. The van der Waals surface area contributed by atoms with E-state index < -0.39 is 0 Å². The minimum atomic E-state index is 0.0871. The van der Waals surface area contributed by atoms with Crippen molar-refractivity contribution in [1.82, 2.24) is 15.3 Å². The Balaban J connectivity index is 1.38. The summed E-state index contributed by atoms with van der Waals surface area (Å²) in [6, 6.07) is 7.51. The summed E-state index contributed by atoms with van der Waals surface area (Å²) in [7, 11) is 0. The first-order valence-corrected chi connectivity index (χ1v) is 8.79. The Hall–Kier alpha value is -2.63. The molecule has 0 unspecified atom stereocenters. The van der Waals surface area contributed by atoms with Gasteiger partial charge in [-0.2, -0.15) is 0 Å². The van der Waals surface area contributed by atoms with Crippen LogP contribution in [0.1, 0.15) is 31.2 Å². The Bertz CT molecular complexity index is 685. The maximum absolute atomic E-state index is 12.3. The van der Waals surface area contributed by atoms with Gasteiger partial charge in [0.25, 0.3) is 0 Å². The highest BCUT2D eigenvalue weighted by Crippen LogP contribution is 2.26. The third-order valence-electron chi connectivity index (χ3n) is 4.64. The van der Waals surface area contributed by atoms with Crippen molar-refractivity contribution in [2.24, 2.45) is 5.92 Å². The Morgan fingerprint density at radius 2 is 2.04 bits per heavy atom. The van der Waals surface area contributed by atoms with Gasteiger partial charge in [-0.15, -0.1) is 0 Å². The number of aromatic hydroxyl groups is 1. The molecule has 6 heteroatoms. The molecular weight excluding hydrogens is 316 g/mol. The summed E-state index contributed by atoms with van der Waals surface area (Å²) in [5.74, 6) is 1.28. The van der Waals surface area contributed by atoms with Crippen LogP contribution in [-0.4, -0.2) is 33.6 Å². The van der Waals surface area contributed by atoms with Gasteiger partial charge >= 0.3 is 0 Å². The van der Waals surface area contributed by atoms with Gasteiger partial charge in [-0.1, -0.05) is 12.1 Å². The van der Waals surface area contributed by atoms with Gasteiger partial charge in [-0.3, -0.25) is 9.78 Å². The Morgan fingerprint density at radius 1 is 1.20 bits per heavy atom. The zero-order chi connectivity index (χ0) is 17.5. The number of rotatable bonds is 6. The average molecular weight is 340 g/mol. The summed E-state index contributed by atoms with van der Waals surface area (Å²) in [6.07, 6.45) is 9.47. The van der Waals surface area contributed by atoms with E-state index in [2.05, 4.69) is 20.6 Å². The number of carbonyl (C=O) groups excluding carboxylic acids is 1. The zero-order valence-electron chi connectivity index (χ0n) is 14.2. The van der Waals surface area contributed by atoms with E-state index in [9.17, 15) is 9.90 Å². The third kappa shape index (κ3) is 5.17. The number of nitrogens with one attached hydrogen (secondary N) is 2. The summed E-state index contributed by atoms with van der Waals surface area (Å²) in [5.41, 5.74) is 1.03. The summed E-state index contributed by atoms with van der Waals surface area (Å²) in [5, 5.41) is 15.9. The van der Waals surface area contributed by atoms with Crippen LogP contribution in [0.4, 0.5) is 5.82 Å². The molecular formula is C19H24N4O2. The number of phenolic OH excluding ortho intramolecular Hbond substituents is 1. The minimum absolute atomic E-state index is 0.0871.